The zero-order valence-corrected chi connectivity index (χ0v) is 11.5. The lowest BCUT2D eigenvalue weighted by Crippen LogP contribution is -2.04. The molecule has 3 rings (SSSR count). The molecule has 2 nitrogen and oxygen atoms in total. The summed E-state index contributed by atoms with van der Waals surface area (Å²) in [4.78, 5) is 12.5. The highest BCUT2D eigenvalue weighted by Crippen LogP contribution is 2.34. The Balaban J connectivity index is 2.10. The van der Waals surface area contributed by atoms with Crippen LogP contribution in [0.15, 0.2) is 36.4 Å². The van der Waals surface area contributed by atoms with Gasteiger partial charge in [-0.05, 0) is 29.8 Å². The Morgan fingerprint density at radius 2 is 1.95 bits per heavy atom. The molecule has 1 aliphatic heterocycles. The highest BCUT2D eigenvalue weighted by atomic mass is 35.5. The van der Waals surface area contributed by atoms with E-state index >= 15 is 0 Å². The molecule has 0 spiro atoms. The number of halogens is 2. The van der Waals surface area contributed by atoms with Crippen LogP contribution in [0.3, 0.4) is 0 Å². The van der Waals surface area contributed by atoms with Crippen LogP contribution in [0, 0.1) is 0 Å². The molecule has 0 amide bonds. The van der Waals surface area contributed by atoms with E-state index in [0.717, 1.165) is 12.0 Å². The van der Waals surface area contributed by atoms with Crippen molar-refractivity contribution in [3.8, 4) is 5.75 Å². The van der Waals surface area contributed by atoms with Gasteiger partial charge in [0, 0.05) is 22.0 Å². The molecule has 1 heterocycles. The molecule has 19 heavy (non-hydrogen) atoms. The summed E-state index contributed by atoms with van der Waals surface area (Å²) in [5.74, 6) is 0.525. The first kappa shape index (κ1) is 12.5. The number of fused-ring (bicyclic) bond motifs is 1. The van der Waals surface area contributed by atoms with E-state index in [4.69, 9.17) is 27.9 Å². The van der Waals surface area contributed by atoms with E-state index in [-0.39, 0.29) is 5.78 Å². The molecule has 0 unspecified atom stereocenters. The number of rotatable bonds is 2. The van der Waals surface area contributed by atoms with E-state index in [1.165, 1.54) is 0 Å². The molecule has 0 aliphatic carbocycles. The van der Waals surface area contributed by atoms with Gasteiger partial charge in [-0.15, -0.1) is 0 Å². The van der Waals surface area contributed by atoms with Crippen molar-refractivity contribution in [2.45, 2.75) is 6.42 Å². The van der Waals surface area contributed by atoms with Crippen LogP contribution in [0.4, 0.5) is 0 Å². The number of carbonyl (C=O) groups is 1. The highest BCUT2D eigenvalue weighted by molar-refractivity contribution is 6.32. The fraction of sp³-hybridized carbons (Fsp3) is 0.133. The molecule has 0 aromatic heterocycles. The number of hydrogen-bond donors (Lipinski definition) is 0. The Bertz CT molecular complexity index is 665. The Kier molecular flexibility index (Phi) is 3.21. The molecule has 4 heteroatoms. The summed E-state index contributed by atoms with van der Waals surface area (Å²) in [5.41, 5.74) is 2.02. The second-order valence-electron chi connectivity index (χ2n) is 4.38. The average Bonchev–Trinajstić information content (AvgIpc) is 2.85. The third-order valence-corrected chi connectivity index (χ3v) is 3.53. The average molecular weight is 293 g/mol. The number of carbonyl (C=O) groups excluding carboxylic acids is 1. The Morgan fingerprint density at radius 1 is 1.11 bits per heavy atom. The number of benzene rings is 2. The molecule has 96 valence electrons. The molecule has 0 saturated heterocycles. The maximum absolute atomic E-state index is 12.5. The van der Waals surface area contributed by atoms with Crippen molar-refractivity contribution in [2.75, 3.05) is 6.61 Å². The zero-order chi connectivity index (χ0) is 13.4. The van der Waals surface area contributed by atoms with Crippen LogP contribution in [0.25, 0.3) is 0 Å². The van der Waals surface area contributed by atoms with Gasteiger partial charge in [-0.2, -0.15) is 0 Å². The van der Waals surface area contributed by atoms with Gasteiger partial charge < -0.3 is 4.74 Å². The number of hydrogen-bond acceptors (Lipinski definition) is 2. The predicted molar refractivity (Wildman–Crippen MR) is 75.5 cm³/mol. The molecule has 0 N–H and O–H groups in total. The summed E-state index contributed by atoms with van der Waals surface area (Å²) >= 11 is 12.0. The van der Waals surface area contributed by atoms with Crippen molar-refractivity contribution < 1.29 is 9.53 Å². The van der Waals surface area contributed by atoms with Crippen LogP contribution in [0.1, 0.15) is 21.5 Å². The van der Waals surface area contributed by atoms with Crippen LogP contribution in [0.2, 0.25) is 10.0 Å². The second-order valence-corrected chi connectivity index (χ2v) is 5.25. The van der Waals surface area contributed by atoms with Gasteiger partial charge >= 0.3 is 0 Å². The summed E-state index contributed by atoms with van der Waals surface area (Å²) in [6, 6.07) is 10.4. The standard InChI is InChI=1S/C15H10Cl2O2/c16-11-3-1-2-9(6-11)14(18)13-8-12(17)7-10-4-5-19-15(10)13/h1-3,6-8H,4-5H2. The van der Waals surface area contributed by atoms with Gasteiger partial charge in [0.2, 0.25) is 0 Å². The third kappa shape index (κ3) is 2.34. The molecule has 0 radical (unpaired) electrons. The maximum atomic E-state index is 12.5. The Labute approximate surface area is 120 Å². The lowest BCUT2D eigenvalue weighted by atomic mass is 10.00. The summed E-state index contributed by atoms with van der Waals surface area (Å²) in [7, 11) is 0. The summed E-state index contributed by atoms with van der Waals surface area (Å²) < 4.78 is 5.54. The van der Waals surface area contributed by atoms with Gasteiger partial charge in [-0.3, -0.25) is 4.79 Å². The minimum atomic E-state index is -0.122. The molecular formula is C15H10Cl2O2. The van der Waals surface area contributed by atoms with Gasteiger partial charge in [0.05, 0.1) is 12.2 Å². The van der Waals surface area contributed by atoms with Crippen LogP contribution >= 0.6 is 23.2 Å². The molecule has 0 atom stereocenters. The normalized spacial score (nSPS) is 12.9. The summed E-state index contributed by atoms with van der Waals surface area (Å²) in [6.07, 6.45) is 0.783. The third-order valence-electron chi connectivity index (χ3n) is 3.08. The van der Waals surface area contributed by atoms with Crippen LogP contribution in [-0.4, -0.2) is 12.4 Å². The minimum absolute atomic E-state index is 0.122. The molecule has 0 bridgehead atoms. The van der Waals surface area contributed by atoms with Gasteiger partial charge in [0.1, 0.15) is 5.75 Å². The van der Waals surface area contributed by atoms with E-state index in [1.807, 2.05) is 6.07 Å². The SMILES string of the molecule is O=C(c1cccc(Cl)c1)c1cc(Cl)cc2c1OCC2. The Morgan fingerprint density at radius 3 is 2.74 bits per heavy atom. The predicted octanol–water partition coefficient (Wildman–Crippen LogP) is 4.16. The van der Waals surface area contributed by atoms with Gasteiger partial charge in [0.25, 0.3) is 0 Å². The van der Waals surface area contributed by atoms with Crippen molar-refractivity contribution >= 4 is 29.0 Å². The van der Waals surface area contributed by atoms with E-state index in [9.17, 15) is 4.79 Å². The van der Waals surface area contributed by atoms with Crippen molar-refractivity contribution in [2.24, 2.45) is 0 Å². The van der Waals surface area contributed by atoms with Crippen LogP contribution < -0.4 is 4.74 Å². The lowest BCUT2D eigenvalue weighted by molar-refractivity contribution is 0.103. The van der Waals surface area contributed by atoms with E-state index in [2.05, 4.69) is 0 Å². The molecule has 0 fully saturated rings. The molecule has 0 saturated carbocycles. The first-order valence-electron chi connectivity index (χ1n) is 5.90. The molecule has 2 aromatic carbocycles. The largest absolute Gasteiger partial charge is 0.492 e. The lowest BCUT2D eigenvalue weighted by Gasteiger charge is -2.08. The number of ether oxygens (including phenoxy) is 1. The van der Waals surface area contributed by atoms with Crippen molar-refractivity contribution in [1.29, 1.82) is 0 Å². The molecular weight excluding hydrogens is 283 g/mol. The van der Waals surface area contributed by atoms with Crippen molar-refractivity contribution in [3.63, 3.8) is 0 Å². The highest BCUT2D eigenvalue weighted by Gasteiger charge is 2.22. The van der Waals surface area contributed by atoms with Crippen molar-refractivity contribution in [3.05, 3.63) is 63.1 Å². The van der Waals surface area contributed by atoms with Gasteiger partial charge in [-0.25, -0.2) is 0 Å². The van der Waals surface area contributed by atoms with E-state index in [0.29, 0.717) is 33.5 Å². The first-order valence-corrected chi connectivity index (χ1v) is 6.66. The fourth-order valence-corrected chi connectivity index (χ4v) is 2.65. The van der Waals surface area contributed by atoms with E-state index < -0.39 is 0 Å². The van der Waals surface area contributed by atoms with Crippen molar-refractivity contribution in [1.82, 2.24) is 0 Å². The summed E-state index contributed by atoms with van der Waals surface area (Å²) in [5, 5.41) is 1.08. The van der Waals surface area contributed by atoms with Crippen LogP contribution in [-0.2, 0) is 6.42 Å². The van der Waals surface area contributed by atoms with Crippen LogP contribution in [0.5, 0.6) is 5.75 Å². The quantitative estimate of drug-likeness (QED) is 0.777. The minimum Gasteiger partial charge on any atom is -0.492 e. The molecule has 2 aromatic rings. The fourth-order valence-electron chi connectivity index (χ4n) is 2.22. The van der Waals surface area contributed by atoms with Gasteiger partial charge in [0.15, 0.2) is 5.78 Å². The first-order chi connectivity index (χ1) is 9.15. The maximum Gasteiger partial charge on any atom is 0.196 e. The second kappa shape index (κ2) is 4.87. The van der Waals surface area contributed by atoms with E-state index in [1.54, 1.807) is 30.3 Å². The summed E-state index contributed by atoms with van der Waals surface area (Å²) in [6.45, 7) is 0.589. The topological polar surface area (TPSA) is 26.3 Å². The zero-order valence-electron chi connectivity index (χ0n) is 9.95. The monoisotopic (exact) mass is 292 g/mol. The number of ketones is 1. The Hall–Kier alpha value is -1.51. The smallest absolute Gasteiger partial charge is 0.196 e. The molecule has 1 aliphatic rings. The van der Waals surface area contributed by atoms with Gasteiger partial charge in [-0.1, -0.05) is 35.3 Å².